The summed E-state index contributed by atoms with van der Waals surface area (Å²) in [6.07, 6.45) is -0.536. The Balaban J connectivity index is 2.60. The molecule has 0 amide bonds. The van der Waals surface area contributed by atoms with Gasteiger partial charge in [-0.05, 0) is 6.07 Å². The van der Waals surface area contributed by atoms with Gasteiger partial charge >= 0.3 is 0 Å². The predicted octanol–water partition coefficient (Wildman–Crippen LogP) is 2.37. The zero-order valence-electron chi connectivity index (χ0n) is 8.50. The summed E-state index contributed by atoms with van der Waals surface area (Å²) in [5.41, 5.74) is 0.780. The van der Waals surface area contributed by atoms with Crippen molar-refractivity contribution in [3.63, 3.8) is 0 Å². The SMILES string of the molecule is CC(C)NC[C@@H](O)c1ccccc1Cl. The molecule has 0 aliphatic carbocycles. The lowest BCUT2D eigenvalue weighted by Gasteiger charge is -2.15. The number of benzene rings is 1. The first-order valence-electron chi connectivity index (χ1n) is 4.77. The number of halogens is 1. The molecule has 1 aromatic carbocycles. The molecule has 78 valence electrons. The molecule has 2 N–H and O–H groups in total. The van der Waals surface area contributed by atoms with E-state index in [1.165, 1.54) is 0 Å². The Kier molecular flexibility index (Phi) is 4.39. The number of aliphatic hydroxyl groups excluding tert-OH is 1. The van der Waals surface area contributed by atoms with Crippen LogP contribution in [0, 0.1) is 0 Å². The molecular formula is C11H16ClNO. The maximum atomic E-state index is 9.80. The van der Waals surface area contributed by atoms with Gasteiger partial charge in [0.25, 0.3) is 0 Å². The standard InChI is InChI=1S/C11H16ClNO/c1-8(2)13-7-11(14)9-5-3-4-6-10(9)12/h3-6,8,11,13-14H,7H2,1-2H3/t11-/m1/s1. The van der Waals surface area contributed by atoms with Crippen LogP contribution in [0.2, 0.25) is 5.02 Å². The topological polar surface area (TPSA) is 32.3 Å². The monoisotopic (exact) mass is 213 g/mol. The summed E-state index contributed by atoms with van der Waals surface area (Å²) < 4.78 is 0. The van der Waals surface area contributed by atoms with Gasteiger partial charge < -0.3 is 10.4 Å². The van der Waals surface area contributed by atoms with Crippen LogP contribution >= 0.6 is 11.6 Å². The Morgan fingerprint density at radius 2 is 2.00 bits per heavy atom. The van der Waals surface area contributed by atoms with Gasteiger partial charge in [0.05, 0.1) is 6.10 Å². The average Bonchev–Trinajstić information content (AvgIpc) is 2.15. The third kappa shape index (κ3) is 3.29. The third-order valence-corrected chi connectivity index (χ3v) is 2.33. The highest BCUT2D eigenvalue weighted by molar-refractivity contribution is 6.31. The first kappa shape index (κ1) is 11.5. The van der Waals surface area contributed by atoms with Gasteiger partial charge in [-0.2, -0.15) is 0 Å². The van der Waals surface area contributed by atoms with E-state index in [0.717, 1.165) is 5.56 Å². The van der Waals surface area contributed by atoms with E-state index in [2.05, 4.69) is 5.32 Å². The van der Waals surface area contributed by atoms with Crippen molar-refractivity contribution in [3.8, 4) is 0 Å². The number of nitrogens with one attached hydrogen (secondary N) is 1. The Morgan fingerprint density at radius 1 is 1.36 bits per heavy atom. The molecule has 1 aromatic rings. The largest absolute Gasteiger partial charge is 0.387 e. The third-order valence-electron chi connectivity index (χ3n) is 1.98. The average molecular weight is 214 g/mol. The maximum absolute atomic E-state index is 9.80. The van der Waals surface area contributed by atoms with Crippen LogP contribution in [0.5, 0.6) is 0 Å². The normalized spacial score (nSPS) is 13.2. The van der Waals surface area contributed by atoms with Gasteiger partial charge in [-0.1, -0.05) is 43.6 Å². The van der Waals surface area contributed by atoms with E-state index in [1.54, 1.807) is 6.07 Å². The van der Waals surface area contributed by atoms with E-state index >= 15 is 0 Å². The molecule has 0 saturated heterocycles. The van der Waals surface area contributed by atoms with Gasteiger partial charge in [0.2, 0.25) is 0 Å². The van der Waals surface area contributed by atoms with Crippen LogP contribution in [0.3, 0.4) is 0 Å². The Morgan fingerprint density at radius 3 is 2.57 bits per heavy atom. The molecule has 0 aliphatic rings. The molecule has 0 fully saturated rings. The van der Waals surface area contributed by atoms with E-state index in [4.69, 9.17) is 11.6 Å². The Labute approximate surface area is 89.9 Å². The summed E-state index contributed by atoms with van der Waals surface area (Å²) >= 11 is 5.95. The van der Waals surface area contributed by atoms with Gasteiger partial charge in [0.1, 0.15) is 0 Å². The lowest BCUT2D eigenvalue weighted by molar-refractivity contribution is 0.171. The lowest BCUT2D eigenvalue weighted by atomic mass is 10.1. The first-order valence-corrected chi connectivity index (χ1v) is 5.15. The number of hydrogen-bond acceptors (Lipinski definition) is 2. The minimum Gasteiger partial charge on any atom is -0.387 e. The molecule has 0 radical (unpaired) electrons. The van der Waals surface area contributed by atoms with Crippen LogP contribution in [0.15, 0.2) is 24.3 Å². The van der Waals surface area contributed by atoms with E-state index in [-0.39, 0.29) is 0 Å². The fourth-order valence-electron chi connectivity index (χ4n) is 1.20. The summed E-state index contributed by atoms with van der Waals surface area (Å²) in [7, 11) is 0. The van der Waals surface area contributed by atoms with Crippen LogP contribution in [-0.2, 0) is 0 Å². The van der Waals surface area contributed by atoms with Gasteiger partial charge in [0, 0.05) is 23.2 Å². The van der Waals surface area contributed by atoms with Gasteiger partial charge in [0.15, 0.2) is 0 Å². The zero-order chi connectivity index (χ0) is 10.6. The molecule has 3 heteroatoms. The molecule has 0 spiro atoms. The lowest BCUT2D eigenvalue weighted by Crippen LogP contribution is -2.27. The summed E-state index contributed by atoms with van der Waals surface area (Å²) in [6, 6.07) is 7.73. The fourth-order valence-corrected chi connectivity index (χ4v) is 1.46. The van der Waals surface area contributed by atoms with Crippen LogP contribution < -0.4 is 5.32 Å². The zero-order valence-corrected chi connectivity index (χ0v) is 9.25. The molecule has 14 heavy (non-hydrogen) atoms. The molecule has 0 aliphatic heterocycles. The predicted molar refractivity (Wildman–Crippen MR) is 59.6 cm³/mol. The van der Waals surface area contributed by atoms with Crippen LogP contribution in [-0.4, -0.2) is 17.7 Å². The van der Waals surface area contributed by atoms with E-state index in [1.807, 2.05) is 32.0 Å². The van der Waals surface area contributed by atoms with Crippen molar-refractivity contribution in [3.05, 3.63) is 34.9 Å². The summed E-state index contributed by atoms with van der Waals surface area (Å²) in [6.45, 7) is 4.61. The molecule has 0 saturated carbocycles. The van der Waals surface area contributed by atoms with Crippen molar-refractivity contribution in [2.45, 2.75) is 26.0 Å². The van der Waals surface area contributed by atoms with E-state index in [0.29, 0.717) is 17.6 Å². The highest BCUT2D eigenvalue weighted by Gasteiger charge is 2.10. The minimum absolute atomic E-state index is 0.368. The second-order valence-electron chi connectivity index (χ2n) is 3.60. The highest BCUT2D eigenvalue weighted by Crippen LogP contribution is 2.21. The van der Waals surface area contributed by atoms with Crippen molar-refractivity contribution in [2.75, 3.05) is 6.54 Å². The minimum atomic E-state index is -0.536. The van der Waals surface area contributed by atoms with Gasteiger partial charge in [-0.3, -0.25) is 0 Å². The first-order chi connectivity index (χ1) is 6.61. The van der Waals surface area contributed by atoms with Gasteiger partial charge in [-0.15, -0.1) is 0 Å². The fraction of sp³-hybridized carbons (Fsp3) is 0.455. The summed E-state index contributed by atoms with van der Waals surface area (Å²) in [5, 5.41) is 13.6. The molecule has 0 aromatic heterocycles. The molecule has 0 heterocycles. The Hall–Kier alpha value is -0.570. The maximum Gasteiger partial charge on any atom is 0.0928 e. The number of hydrogen-bond donors (Lipinski definition) is 2. The molecule has 1 atom stereocenters. The van der Waals surface area contributed by atoms with Crippen molar-refractivity contribution in [2.24, 2.45) is 0 Å². The summed E-state index contributed by atoms with van der Waals surface area (Å²) in [4.78, 5) is 0. The molecule has 2 nitrogen and oxygen atoms in total. The number of aliphatic hydroxyl groups is 1. The van der Waals surface area contributed by atoms with Crippen molar-refractivity contribution >= 4 is 11.6 Å². The van der Waals surface area contributed by atoms with E-state index in [9.17, 15) is 5.11 Å². The van der Waals surface area contributed by atoms with Crippen molar-refractivity contribution < 1.29 is 5.11 Å². The van der Waals surface area contributed by atoms with E-state index < -0.39 is 6.10 Å². The second kappa shape index (κ2) is 5.35. The molecule has 1 rings (SSSR count). The molecule has 0 bridgehead atoms. The second-order valence-corrected chi connectivity index (χ2v) is 4.01. The summed E-state index contributed by atoms with van der Waals surface area (Å²) in [5.74, 6) is 0. The highest BCUT2D eigenvalue weighted by atomic mass is 35.5. The smallest absolute Gasteiger partial charge is 0.0928 e. The van der Waals surface area contributed by atoms with Crippen LogP contribution in [0.25, 0.3) is 0 Å². The van der Waals surface area contributed by atoms with Crippen molar-refractivity contribution in [1.29, 1.82) is 0 Å². The van der Waals surface area contributed by atoms with Gasteiger partial charge in [-0.25, -0.2) is 0 Å². The number of rotatable bonds is 4. The molecule has 0 unspecified atom stereocenters. The molecular weight excluding hydrogens is 198 g/mol. The van der Waals surface area contributed by atoms with Crippen LogP contribution in [0.4, 0.5) is 0 Å². The Bertz CT molecular complexity index is 288. The quantitative estimate of drug-likeness (QED) is 0.805. The van der Waals surface area contributed by atoms with Crippen LogP contribution in [0.1, 0.15) is 25.5 Å². The van der Waals surface area contributed by atoms with Crippen molar-refractivity contribution in [1.82, 2.24) is 5.32 Å².